The predicted octanol–water partition coefficient (Wildman–Crippen LogP) is 3.54. The minimum absolute atomic E-state index is 0.233. The van der Waals surface area contributed by atoms with Crippen molar-refractivity contribution in [1.82, 2.24) is 4.98 Å². The van der Waals surface area contributed by atoms with Crippen molar-refractivity contribution >= 4 is 16.9 Å². The summed E-state index contributed by atoms with van der Waals surface area (Å²) in [4.78, 5) is 15.6. The van der Waals surface area contributed by atoms with E-state index in [1.807, 2.05) is 45.9 Å². The molecular formula is C15H17NO2. The van der Waals surface area contributed by atoms with Gasteiger partial charge >= 0.3 is 5.97 Å². The Kier molecular flexibility index (Phi) is 2.85. The Hall–Kier alpha value is -1.90. The lowest BCUT2D eigenvalue weighted by Gasteiger charge is -2.23. The van der Waals surface area contributed by atoms with Gasteiger partial charge in [0.15, 0.2) is 0 Å². The van der Waals surface area contributed by atoms with Crippen molar-refractivity contribution in [3.8, 4) is 0 Å². The first kappa shape index (κ1) is 12.6. The summed E-state index contributed by atoms with van der Waals surface area (Å²) >= 11 is 0. The first-order chi connectivity index (χ1) is 8.30. The van der Waals surface area contributed by atoms with Crippen LogP contribution in [0, 0.1) is 6.92 Å². The molecule has 1 heterocycles. The Balaban J connectivity index is 2.93. The highest BCUT2D eigenvalue weighted by molar-refractivity contribution is 5.97. The van der Waals surface area contributed by atoms with E-state index in [0.717, 1.165) is 22.0 Å². The smallest absolute Gasteiger partial charge is 0.337 e. The second-order valence-electron chi connectivity index (χ2n) is 5.62. The van der Waals surface area contributed by atoms with Gasteiger partial charge in [-0.3, -0.25) is 4.98 Å². The molecule has 1 N–H and O–H groups in total. The van der Waals surface area contributed by atoms with E-state index in [4.69, 9.17) is 0 Å². The van der Waals surface area contributed by atoms with Gasteiger partial charge in [0.2, 0.25) is 0 Å². The Morgan fingerprint density at radius 1 is 1.28 bits per heavy atom. The summed E-state index contributed by atoms with van der Waals surface area (Å²) in [5, 5.41) is 10.3. The van der Waals surface area contributed by atoms with Crippen LogP contribution in [0.15, 0.2) is 24.4 Å². The molecule has 94 valence electrons. The van der Waals surface area contributed by atoms with E-state index in [-0.39, 0.29) is 5.41 Å². The summed E-state index contributed by atoms with van der Waals surface area (Å²) in [7, 11) is 0. The molecular weight excluding hydrogens is 226 g/mol. The number of pyridine rings is 1. The number of rotatable bonds is 1. The topological polar surface area (TPSA) is 50.2 Å². The number of aromatic nitrogens is 1. The Morgan fingerprint density at radius 2 is 1.94 bits per heavy atom. The molecule has 2 rings (SSSR count). The van der Waals surface area contributed by atoms with Crippen LogP contribution in [0.1, 0.15) is 42.3 Å². The Labute approximate surface area is 106 Å². The molecule has 1 aromatic carbocycles. The third-order valence-corrected chi connectivity index (χ3v) is 3.00. The normalized spacial score (nSPS) is 11.8. The van der Waals surface area contributed by atoms with Crippen molar-refractivity contribution in [2.75, 3.05) is 0 Å². The van der Waals surface area contributed by atoms with E-state index in [0.29, 0.717) is 5.56 Å². The number of carbonyl (C=O) groups is 1. The molecule has 18 heavy (non-hydrogen) atoms. The van der Waals surface area contributed by atoms with Crippen molar-refractivity contribution in [1.29, 1.82) is 0 Å². The van der Waals surface area contributed by atoms with Crippen LogP contribution < -0.4 is 0 Å². The molecule has 0 saturated carbocycles. The minimum atomic E-state index is -0.921. The molecule has 0 saturated heterocycles. The molecule has 3 nitrogen and oxygen atoms in total. The fourth-order valence-electron chi connectivity index (χ4n) is 2.28. The molecule has 0 spiro atoms. The average molecular weight is 243 g/mol. The zero-order chi connectivity index (χ0) is 13.5. The number of aromatic carboxylic acids is 1. The first-order valence-corrected chi connectivity index (χ1v) is 5.94. The number of nitrogens with zero attached hydrogens (tertiary/aromatic N) is 1. The van der Waals surface area contributed by atoms with Crippen LogP contribution in [0.25, 0.3) is 10.9 Å². The monoisotopic (exact) mass is 243 g/mol. The van der Waals surface area contributed by atoms with Crippen molar-refractivity contribution in [3.63, 3.8) is 0 Å². The van der Waals surface area contributed by atoms with Crippen LogP contribution in [-0.4, -0.2) is 16.1 Å². The van der Waals surface area contributed by atoms with Crippen molar-refractivity contribution in [3.05, 3.63) is 41.1 Å². The van der Waals surface area contributed by atoms with E-state index in [1.165, 1.54) is 6.20 Å². The van der Waals surface area contributed by atoms with Crippen LogP contribution >= 0.6 is 0 Å². The number of fused-ring (bicyclic) bond motifs is 1. The number of hydrogen-bond donors (Lipinski definition) is 1. The third kappa shape index (κ3) is 2.08. The minimum Gasteiger partial charge on any atom is -0.478 e. The average Bonchev–Trinajstić information content (AvgIpc) is 2.25. The zero-order valence-electron chi connectivity index (χ0n) is 11.1. The number of hydrogen-bond acceptors (Lipinski definition) is 2. The lowest BCUT2D eigenvalue weighted by Crippen LogP contribution is -2.18. The SMILES string of the molecule is Cc1ccc2ncc(C(=O)O)c(C(C)(C)C)c2c1. The van der Waals surface area contributed by atoms with Gasteiger partial charge in [-0.2, -0.15) is 0 Å². The fraction of sp³-hybridized carbons (Fsp3) is 0.333. The van der Waals surface area contributed by atoms with Gasteiger partial charge in [-0.25, -0.2) is 4.79 Å². The highest BCUT2D eigenvalue weighted by atomic mass is 16.4. The van der Waals surface area contributed by atoms with Crippen LogP contribution in [0.2, 0.25) is 0 Å². The molecule has 1 aromatic heterocycles. The maximum Gasteiger partial charge on any atom is 0.337 e. The summed E-state index contributed by atoms with van der Waals surface area (Å²) < 4.78 is 0. The molecule has 0 aliphatic carbocycles. The van der Waals surface area contributed by atoms with Gasteiger partial charge in [-0.05, 0) is 30.0 Å². The van der Waals surface area contributed by atoms with Crippen LogP contribution in [0.5, 0.6) is 0 Å². The quantitative estimate of drug-likeness (QED) is 0.833. The number of carboxylic acid groups (broad SMARTS) is 1. The number of carboxylic acids is 1. The maximum atomic E-state index is 11.4. The standard InChI is InChI=1S/C15H17NO2/c1-9-5-6-12-10(7-9)13(15(2,3)4)11(8-16-12)14(17)18/h5-8H,1-4H3,(H,17,18). The van der Waals surface area contributed by atoms with Crippen molar-refractivity contribution in [2.24, 2.45) is 0 Å². The highest BCUT2D eigenvalue weighted by Gasteiger charge is 2.24. The molecule has 2 aromatic rings. The lowest BCUT2D eigenvalue weighted by atomic mass is 9.81. The van der Waals surface area contributed by atoms with Crippen LogP contribution in [0.3, 0.4) is 0 Å². The number of aryl methyl sites for hydroxylation is 1. The molecule has 0 radical (unpaired) electrons. The molecule has 0 bridgehead atoms. The van der Waals surface area contributed by atoms with Gasteiger partial charge < -0.3 is 5.11 Å². The summed E-state index contributed by atoms with van der Waals surface area (Å²) in [5.41, 5.74) is 2.86. The second-order valence-corrected chi connectivity index (χ2v) is 5.62. The Morgan fingerprint density at radius 3 is 2.50 bits per heavy atom. The van der Waals surface area contributed by atoms with Crippen LogP contribution in [-0.2, 0) is 5.41 Å². The molecule has 0 aliphatic rings. The largest absolute Gasteiger partial charge is 0.478 e. The van der Waals surface area contributed by atoms with E-state index in [9.17, 15) is 9.90 Å². The Bertz CT molecular complexity index is 624. The highest BCUT2D eigenvalue weighted by Crippen LogP contribution is 2.32. The molecule has 0 fully saturated rings. The molecule has 0 unspecified atom stereocenters. The van der Waals surface area contributed by atoms with Gasteiger partial charge in [0.05, 0.1) is 11.1 Å². The van der Waals surface area contributed by atoms with Crippen LogP contribution in [0.4, 0.5) is 0 Å². The van der Waals surface area contributed by atoms with Gasteiger partial charge in [0, 0.05) is 11.6 Å². The summed E-state index contributed by atoms with van der Waals surface area (Å²) in [5.74, 6) is -0.921. The fourth-order valence-corrected chi connectivity index (χ4v) is 2.28. The summed E-state index contributed by atoms with van der Waals surface area (Å²) in [6.45, 7) is 8.07. The number of benzene rings is 1. The van der Waals surface area contributed by atoms with Gasteiger partial charge in [-0.1, -0.05) is 32.4 Å². The van der Waals surface area contributed by atoms with Gasteiger partial charge in [-0.15, -0.1) is 0 Å². The summed E-state index contributed by atoms with van der Waals surface area (Å²) in [6.07, 6.45) is 1.46. The molecule has 0 aliphatic heterocycles. The van der Waals surface area contributed by atoms with E-state index < -0.39 is 5.97 Å². The van der Waals surface area contributed by atoms with E-state index >= 15 is 0 Å². The van der Waals surface area contributed by atoms with Crippen molar-refractivity contribution < 1.29 is 9.90 Å². The third-order valence-electron chi connectivity index (χ3n) is 3.00. The summed E-state index contributed by atoms with van der Waals surface area (Å²) in [6, 6.07) is 5.93. The van der Waals surface area contributed by atoms with Crippen molar-refractivity contribution in [2.45, 2.75) is 33.1 Å². The molecule has 0 atom stereocenters. The molecule has 0 amide bonds. The van der Waals surface area contributed by atoms with E-state index in [1.54, 1.807) is 0 Å². The zero-order valence-corrected chi connectivity index (χ0v) is 11.1. The molecule has 3 heteroatoms. The second kappa shape index (κ2) is 4.09. The first-order valence-electron chi connectivity index (χ1n) is 5.94. The van der Waals surface area contributed by atoms with Gasteiger partial charge in [0.25, 0.3) is 0 Å². The van der Waals surface area contributed by atoms with Gasteiger partial charge in [0.1, 0.15) is 0 Å². The predicted molar refractivity (Wildman–Crippen MR) is 72.1 cm³/mol. The maximum absolute atomic E-state index is 11.4. The van der Waals surface area contributed by atoms with E-state index in [2.05, 4.69) is 4.98 Å². The lowest BCUT2D eigenvalue weighted by molar-refractivity contribution is 0.0694.